The van der Waals surface area contributed by atoms with Gasteiger partial charge in [-0.2, -0.15) is 0 Å². The second-order valence-electron chi connectivity index (χ2n) is 3.87. The lowest BCUT2D eigenvalue weighted by atomic mass is 10.3. The molecule has 0 aliphatic carbocycles. The van der Waals surface area contributed by atoms with Crippen molar-refractivity contribution in [2.24, 2.45) is 5.84 Å². The van der Waals surface area contributed by atoms with Crippen LogP contribution in [0.5, 0.6) is 0 Å². The van der Waals surface area contributed by atoms with E-state index < -0.39 is 10.0 Å². The largest absolute Gasteiger partial charge is 0.307 e. The van der Waals surface area contributed by atoms with E-state index in [4.69, 9.17) is 5.84 Å². The molecule has 4 N–H and O–H groups in total. The van der Waals surface area contributed by atoms with Gasteiger partial charge in [0.2, 0.25) is 0 Å². The van der Waals surface area contributed by atoms with Crippen LogP contribution in [0.15, 0.2) is 48.8 Å². The number of sulfonamides is 1. The summed E-state index contributed by atoms with van der Waals surface area (Å²) in [6, 6.07) is 6.51. The minimum absolute atomic E-state index is 0.0546. The standard InChI is InChI=1S/C11H9Br3N4O2S/c12-6-1-2-9(8(14)3-6)18-21(19,20)10-4-7(13)5-16-11(10)17-15/h1-5,18H,15H2,(H,16,17). The van der Waals surface area contributed by atoms with Crippen molar-refractivity contribution in [3.63, 3.8) is 0 Å². The molecular weight excluding hydrogens is 492 g/mol. The lowest BCUT2D eigenvalue weighted by molar-refractivity contribution is 0.601. The van der Waals surface area contributed by atoms with E-state index >= 15 is 0 Å². The molecule has 0 saturated carbocycles. The number of pyridine rings is 1. The van der Waals surface area contributed by atoms with E-state index in [1.807, 2.05) is 0 Å². The first-order valence-corrected chi connectivity index (χ1v) is 9.30. The van der Waals surface area contributed by atoms with Gasteiger partial charge in [0.1, 0.15) is 4.90 Å². The molecule has 0 aliphatic heterocycles. The molecule has 1 heterocycles. The predicted octanol–water partition coefficient (Wildman–Crippen LogP) is 3.46. The zero-order valence-corrected chi connectivity index (χ0v) is 15.8. The fourth-order valence-electron chi connectivity index (χ4n) is 1.51. The van der Waals surface area contributed by atoms with Gasteiger partial charge in [-0.1, -0.05) is 15.9 Å². The number of benzene rings is 1. The third kappa shape index (κ3) is 3.95. The molecule has 0 atom stereocenters. The van der Waals surface area contributed by atoms with Crippen molar-refractivity contribution in [3.05, 3.63) is 43.9 Å². The molecule has 112 valence electrons. The number of aromatic nitrogens is 1. The van der Waals surface area contributed by atoms with Gasteiger partial charge in [0.05, 0.1) is 5.69 Å². The van der Waals surface area contributed by atoms with E-state index in [2.05, 4.69) is 62.9 Å². The third-order valence-electron chi connectivity index (χ3n) is 2.42. The minimum atomic E-state index is -3.84. The Morgan fingerprint density at radius 1 is 1.10 bits per heavy atom. The molecule has 1 aromatic heterocycles. The number of hydrogen-bond donors (Lipinski definition) is 3. The topological polar surface area (TPSA) is 97.1 Å². The van der Waals surface area contributed by atoms with Gasteiger partial charge in [-0.25, -0.2) is 19.2 Å². The molecule has 0 radical (unpaired) electrons. The van der Waals surface area contributed by atoms with E-state index in [1.54, 1.807) is 18.2 Å². The molecular formula is C11H9Br3N4O2S. The summed E-state index contributed by atoms with van der Waals surface area (Å²) >= 11 is 9.79. The van der Waals surface area contributed by atoms with Crippen LogP contribution in [0.2, 0.25) is 0 Å². The average Bonchev–Trinajstić information content (AvgIpc) is 2.42. The van der Waals surface area contributed by atoms with Crippen LogP contribution in [-0.2, 0) is 10.0 Å². The maximum Gasteiger partial charge on any atom is 0.265 e. The van der Waals surface area contributed by atoms with Crippen LogP contribution in [0.1, 0.15) is 0 Å². The van der Waals surface area contributed by atoms with Crippen LogP contribution in [0, 0.1) is 0 Å². The second kappa shape index (κ2) is 6.61. The number of nitrogens with two attached hydrogens (primary N) is 1. The van der Waals surface area contributed by atoms with Crippen LogP contribution in [0.3, 0.4) is 0 Å². The quantitative estimate of drug-likeness (QED) is 0.441. The Morgan fingerprint density at radius 3 is 2.43 bits per heavy atom. The molecule has 0 unspecified atom stereocenters. The Balaban J connectivity index is 2.45. The Kier molecular flexibility index (Phi) is 5.25. The van der Waals surface area contributed by atoms with Crippen LogP contribution in [-0.4, -0.2) is 13.4 Å². The van der Waals surface area contributed by atoms with Crippen molar-refractivity contribution in [2.45, 2.75) is 4.90 Å². The van der Waals surface area contributed by atoms with Gasteiger partial charge in [-0.3, -0.25) is 4.72 Å². The van der Waals surface area contributed by atoms with E-state index in [-0.39, 0.29) is 10.7 Å². The third-order valence-corrected chi connectivity index (χ3v) is 5.38. The number of anilines is 2. The second-order valence-corrected chi connectivity index (χ2v) is 8.21. The number of nitrogen functional groups attached to an aromatic ring is 1. The van der Waals surface area contributed by atoms with Gasteiger partial charge in [0.15, 0.2) is 5.82 Å². The molecule has 6 nitrogen and oxygen atoms in total. The van der Waals surface area contributed by atoms with Crippen molar-refractivity contribution >= 4 is 69.3 Å². The van der Waals surface area contributed by atoms with Crippen molar-refractivity contribution < 1.29 is 8.42 Å². The maximum absolute atomic E-state index is 12.5. The van der Waals surface area contributed by atoms with E-state index in [1.165, 1.54) is 12.3 Å². The summed E-state index contributed by atoms with van der Waals surface area (Å²) < 4.78 is 29.4. The van der Waals surface area contributed by atoms with Crippen LogP contribution < -0.4 is 16.0 Å². The Bertz CT molecular complexity index is 783. The van der Waals surface area contributed by atoms with Crippen molar-refractivity contribution in [1.82, 2.24) is 4.98 Å². The summed E-state index contributed by atoms with van der Waals surface area (Å²) in [5, 5.41) is 0. The monoisotopic (exact) mass is 498 g/mol. The average molecular weight is 501 g/mol. The first kappa shape index (κ1) is 16.7. The highest BCUT2D eigenvalue weighted by Crippen LogP contribution is 2.30. The molecule has 0 spiro atoms. The van der Waals surface area contributed by atoms with Gasteiger partial charge >= 0.3 is 0 Å². The highest BCUT2D eigenvalue weighted by Gasteiger charge is 2.21. The van der Waals surface area contributed by atoms with Crippen LogP contribution in [0.4, 0.5) is 11.5 Å². The summed E-state index contributed by atoms with van der Waals surface area (Å²) in [5.41, 5.74) is 2.67. The number of nitrogens with one attached hydrogen (secondary N) is 2. The Labute approximate surface area is 146 Å². The summed E-state index contributed by atoms with van der Waals surface area (Å²) in [4.78, 5) is 3.86. The predicted molar refractivity (Wildman–Crippen MR) is 92.4 cm³/mol. The van der Waals surface area contributed by atoms with Crippen LogP contribution >= 0.6 is 47.8 Å². The number of rotatable bonds is 4. The molecule has 0 saturated heterocycles. The molecule has 1 aromatic carbocycles. The lowest BCUT2D eigenvalue weighted by Crippen LogP contribution is -2.18. The molecule has 2 rings (SSSR count). The molecule has 0 bridgehead atoms. The fraction of sp³-hybridized carbons (Fsp3) is 0. The molecule has 10 heteroatoms. The number of hydrogen-bond acceptors (Lipinski definition) is 5. The maximum atomic E-state index is 12.5. The molecule has 0 aliphatic rings. The summed E-state index contributed by atoms with van der Waals surface area (Å²) in [5.74, 6) is 5.36. The van der Waals surface area contributed by atoms with E-state index in [9.17, 15) is 8.42 Å². The number of nitrogens with zero attached hydrogens (tertiary/aromatic N) is 1. The van der Waals surface area contributed by atoms with Gasteiger partial charge in [0, 0.05) is 19.6 Å². The van der Waals surface area contributed by atoms with Gasteiger partial charge in [0.25, 0.3) is 10.0 Å². The summed E-state index contributed by atoms with van der Waals surface area (Å²) in [7, 11) is -3.84. The van der Waals surface area contributed by atoms with Gasteiger partial charge in [-0.15, -0.1) is 0 Å². The highest BCUT2D eigenvalue weighted by molar-refractivity contribution is 9.11. The van der Waals surface area contributed by atoms with E-state index in [0.717, 1.165) is 4.47 Å². The zero-order chi connectivity index (χ0) is 15.6. The highest BCUT2D eigenvalue weighted by atomic mass is 79.9. The number of halogens is 3. The van der Waals surface area contributed by atoms with Gasteiger partial charge < -0.3 is 5.43 Å². The first-order chi connectivity index (χ1) is 9.83. The van der Waals surface area contributed by atoms with Crippen LogP contribution in [0.25, 0.3) is 0 Å². The minimum Gasteiger partial charge on any atom is -0.307 e. The van der Waals surface area contributed by atoms with E-state index in [0.29, 0.717) is 14.6 Å². The molecule has 0 fully saturated rings. The van der Waals surface area contributed by atoms with Gasteiger partial charge in [-0.05, 0) is 56.1 Å². The first-order valence-electron chi connectivity index (χ1n) is 5.43. The molecule has 0 amide bonds. The zero-order valence-electron chi connectivity index (χ0n) is 10.3. The Hall–Kier alpha value is -0.680. The summed E-state index contributed by atoms with van der Waals surface area (Å²) in [6.45, 7) is 0. The summed E-state index contributed by atoms with van der Waals surface area (Å²) in [6.07, 6.45) is 1.45. The van der Waals surface area contributed by atoms with Crippen molar-refractivity contribution in [1.29, 1.82) is 0 Å². The fourth-order valence-corrected chi connectivity index (χ4v) is 4.49. The lowest BCUT2D eigenvalue weighted by Gasteiger charge is -2.12. The normalized spacial score (nSPS) is 11.2. The SMILES string of the molecule is NNc1ncc(Br)cc1S(=O)(=O)Nc1ccc(Br)cc1Br. The molecule has 21 heavy (non-hydrogen) atoms. The van der Waals surface area contributed by atoms with Crippen molar-refractivity contribution in [2.75, 3.05) is 10.1 Å². The van der Waals surface area contributed by atoms with Crippen molar-refractivity contribution in [3.8, 4) is 0 Å². The smallest absolute Gasteiger partial charge is 0.265 e. The Morgan fingerprint density at radius 2 is 1.81 bits per heavy atom. The number of hydrazine groups is 1. The molecule has 2 aromatic rings.